The summed E-state index contributed by atoms with van der Waals surface area (Å²) in [4.78, 5) is 16.4. The van der Waals surface area contributed by atoms with Gasteiger partial charge in [-0.1, -0.05) is 36.4 Å². The van der Waals surface area contributed by atoms with Crippen molar-refractivity contribution in [3.63, 3.8) is 0 Å². The van der Waals surface area contributed by atoms with E-state index in [0.29, 0.717) is 0 Å². The largest absolute Gasteiger partial charge is 0.508 e. The number of hydrogen-bond donors (Lipinski definition) is 2. The van der Waals surface area contributed by atoms with Crippen molar-refractivity contribution in [2.75, 3.05) is 0 Å². The molecule has 0 saturated heterocycles. The topological polar surface area (TPSA) is 61.7 Å². The molecule has 1 heterocycles. The Morgan fingerprint density at radius 2 is 2.04 bits per heavy atom. The second-order valence-electron chi connectivity index (χ2n) is 6.27. The molecule has 2 aliphatic rings. The SMILES string of the molecule is Cc1cc(C2NC(=O)N=C3c4ccccc4CCC32)ccc1O. The monoisotopic (exact) mass is 306 g/mol. The van der Waals surface area contributed by atoms with E-state index >= 15 is 0 Å². The van der Waals surface area contributed by atoms with Gasteiger partial charge in [-0.15, -0.1) is 0 Å². The van der Waals surface area contributed by atoms with Crippen molar-refractivity contribution in [2.24, 2.45) is 10.9 Å². The zero-order chi connectivity index (χ0) is 16.0. The van der Waals surface area contributed by atoms with Gasteiger partial charge in [-0.2, -0.15) is 4.99 Å². The lowest BCUT2D eigenvalue weighted by molar-refractivity contribution is 0.239. The number of aryl methyl sites for hydroxylation is 2. The fourth-order valence-corrected chi connectivity index (χ4v) is 3.67. The molecular formula is C19H18N2O2. The van der Waals surface area contributed by atoms with E-state index in [2.05, 4.69) is 22.4 Å². The van der Waals surface area contributed by atoms with Gasteiger partial charge in [0.2, 0.25) is 0 Å². The molecule has 1 aliphatic carbocycles. The summed E-state index contributed by atoms with van der Waals surface area (Å²) < 4.78 is 0. The molecule has 0 radical (unpaired) electrons. The Morgan fingerprint density at radius 1 is 1.22 bits per heavy atom. The van der Waals surface area contributed by atoms with Crippen molar-refractivity contribution in [3.05, 3.63) is 64.7 Å². The Morgan fingerprint density at radius 3 is 2.87 bits per heavy atom. The van der Waals surface area contributed by atoms with E-state index in [1.165, 1.54) is 5.56 Å². The van der Waals surface area contributed by atoms with Gasteiger partial charge in [0.1, 0.15) is 5.75 Å². The van der Waals surface area contributed by atoms with Crippen LogP contribution in [0.1, 0.15) is 34.7 Å². The van der Waals surface area contributed by atoms with Crippen LogP contribution in [0.3, 0.4) is 0 Å². The highest BCUT2D eigenvalue weighted by molar-refractivity contribution is 6.11. The Balaban J connectivity index is 1.79. The third-order valence-electron chi connectivity index (χ3n) is 4.85. The number of urea groups is 1. The van der Waals surface area contributed by atoms with Crippen LogP contribution in [0, 0.1) is 12.8 Å². The lowest BCUT2D eigenvalue weighted by Gasteiger charge is -2.36. The number of nitrogens with one attached hydrogen (secondary N) is 1. The first kappa shape index (κ1) is 14.0. The van der Waals surface area contributed by atoms with Crippen LogP contribution < -0.4 is 5.32 Å². The van der Waals surface area contributed by atoms with Crippen LogP contribution in [0.4, 0.5) is 4.79 Å². The predicted octanol–water partition coefficient (Wildman–Crippen LogP) is 3.52. The van der Waals surface area contributed by atoms with Gasteiger partial charge in [0, 0.05) is 5.92 Å². The fraction of sp³-hybridized carbons (Fsp3) is 0.263. The molecule has 4 heteroatoms. The van der Waals surface area contributed by atoms with Gasteiger partial charge in [0.25, 0.3) is 0 Å². The second kappa shape index (κ2) is 5.23. The lowest BCUT2D eigenvalue weighted by atomic mass is 9.75. The number of benzene rings is 2. The van der Waals surface area contributed by atoms with Crippen molar-refractivity contribution in [3.8, 4) is 5.75 Å². The average Bonchev–Trinajstić information content (AvgIpc) is 2.56. The van der Waals surface area contributed by atoms with Gasteiger partial charge < -0.3 is 10.4 Å². The van der Waals surface area contributed by atoms with Crippen LogP contribution in [0.15, 0.2) is 47.5 Å². The van der Waals surface area contributed by atoms with Gasteiger partial charge in [-0.3, -0.25) is 0 Å². The first-order valence-corrected chi connectivity index (χ1v) is 7.90. The molecule has 2 aromatic rings. The quantitative estimate of drug-likeness (QED) is 0.847. The summed E-state index contributed by atoms with van der Waals surface area (Å²) in [5, 5.41) is 12.7. The molecule has 4 nitrogen and oxygen atoms in total. The predicted molar refractivity (Wildman–Crippen MR) is 88.9 cm³/mol. The summed E-state index contributed by atoms with van der Waals surface area (Å²) in [6, 6.07) is 13.3. The van der Waals surface area contributed by atoms with Crippen LogP contribution in [0.2, 0.25) is 0 Å². The summed E-state index contributed by atoms with van der Waals surface area (Å²) >= 11 is 0. The number of nitrogens with zero attached hydrogens (tertiary/aromatic N) is 1. The van der Waals surface area contributed by atoms with Crippen molar-refractivity contribution < 1.29 is 9.90 Å². The Hall–Kier alpha value is -2.62. The molecule has 1 aliphatic heterocycles. The van der Waals surface area contributed by atoms with Gasteiger partial charge in [0.15, 0.2) is 0 Å². The molecule has 0 aromatic heterocycles. The number of rotatable bonds is 1. The molecule has 2 N–H and O–H groups in total. The van der Waals surface area contributed by atoms with E-state index in [0.717, 1.165) is 35.2 Å². The van der Waals surface area contributed by atoms with E-state index in [-0.39, 0.29) is 23.7 Å². The number of carbonyl (C=O) groups excluding carboxylic acids is 1. The number of amides is 2. The van der Waals surface area contributed by atoms with Gasteiger partial charge >= 0.3 is 6.03 Å². The van der Waals surface area contributed by atoms with E-state index in [1.807, 2.05) is 31.2 Å². The number of fused-ring (bicyclic) bond motifs is 3. The number of phenolic OH excluding ortho intramolecular Hbond substituents is 1. The highest BCUT2D eigenvalue weighted by Gasteiger charge is 2.37. The summed E-state index contributed by atoms with van der Waals surface area (Å²) in [6.45, 7) is 1.87. The summed E-state index contributed by atoms with van der Waals surface area (Å²) in [5.74, 6) is 0.449. The Bertz CT molecular complexity index is 826. The lowest BCUT2D eigenvalue weighted by Crippen LogP contribution is -2.43. The van der Waals surface area contributed by atoms with Crippen LogP contribution in [-0.4, -0.2) is 16.8 Å². The van der Waals surface area contributed by atoms with Crippen LogP contribution in [0.5, 0.6) is 5.75 Å². The highest BCUT2D eigenvalue weighted by atomic mass is 16.3. The maximum Gasteiger partial charge on any atom is 0.341 e. The van der Waals surface area contributed by atoms with E-state index in [9.17, 15) is 9.90 Å². The van der Waals surface area contributed by atoms with Crippen LogP contribution in [-0.2, 0) is 6.42 Å². The Kier molecular flexibility index (Phi) is 3.18. The minimum Gasteiger partial charge on any atom is -0.508 e. The van der Waals surface area contributed by atoms with Gasteiger partial charge in [-0.25, -0.2) is 4.79 Å². The minimum absolute atomic E-state index is 0.0948. The van der Waals surface area contributed by atoms with Crippen molar-refractivity contribution in [1.29, 1.82) is 0 Å². The fourth-order valence-electron chi connectivity index (χ4n) is 3.67. The number of hydrogen-bond acceptors (Lipinski definition) is 2. The highest BCUT2D eigenvalue weighted by Crippen LogP contribution is 2.37. The standard InChI is InChI=1S/C19H18N2O2/c1-11-10-13(7-9-16(11)22)17-15-8-6-12-4-2-3-5-14(12)18(15)21-19(23)20-17/h2-5,7,9-10,15,17,22H,6,8H2,1H3,(H,20,23). The molecule has 0 bridgehead atoms. The third-order valence-corrected chi connectivity index (χ3v) is 4.85. The van der Waals surface area contributed by atoms with Crippen molar-refractivity contribution in [1.82, 2.24) is 5.32 Å². The second-order valence-corrected chi connectivity index (χ2v) is 6.27. The molecule has 4 rings (SSSR count). The normalized spacial score (nSPS) is 22.7. The molecule has 116 valence electrons. The van der Waals surface area contributed by atoms with Crippen LogP contribution >= 0.6 is 0 Å². The van der Waals surface area contributed by atoms with Crippen molar-refractivity contribution in [2.45, 2.75) is 25.8 Å². The minimum atomic E-state index is -0.288. The number of aliphatic imine (C=N–C) groups is 1. The molecule has 23 heavy (non-hydrogen) atoms. The smallest absolute Gasteiger partial charge is 0.341 e. The number of carbonyl (C=O) groups is 1. The first-order chi connectivity index (χ1) is 11.1. The van der Waals surface area contributed by atoms with E-state index < -0.39 is 0 Å². The molecule has 2 atom stereocenters. The zero-order valence-corrected chi connectivity index (χ0v) is 12.9. The Labute approximate surface area is 134 Å². The maximum absolute atomic E-state index is 12.1. The molecule has 2 unspecified atom stereocenters. The number of phenols is 1. The summed E-state index contributed by atoms with van der Waals surface area (Å²) in [6.07, 6.45) is 1.95. The molecule has 0 saturated carbocycles. The van der Waals surface area contributed by atoms with Crippen LogP contribution in [0.25, 0.3) is 0 Å². The molecule has 2 amide bonds. The van der Waals surface area contributed by atoms with E-state index in [1.54, 1.807) is 6.07 Å². The molecular weight excluding hydrogens is 288 g/mol. The maximum atomic E-state index is 12.1. The third kappa shape index (κ3) is 2.31. The summed E-state index contributed by atoms with van der Waals surface area (Å²) in [7, 11) is 0. The molecule has 2 aromatic carbocycles. The van der Waals surface area contributed by atoms with Gasteiger partial charge in [0.05, 0.1) is 11.8 Å². The van der Waals surface area contributed by atoms with Gasteiger partial charge in [-0.05, 0) is 48.1 Å². The summed E-state index contributed by atoms with van der Waals surface area (Å²) in [5.41, 5.74) is 5.09. The van der Waals surface area contributed by atoms with E-state index in [4.69, 9.17) is 0 Å². The number of aromatic hydroxyl groups is 1. The zero-order valence-electron chi connectivity index (χ0n) is 12.9. The molecule has 0 spiro atoms. The first-order valence-electron chi connectivity index (χ1n) is 7.90. The molecule has 0 fully saturated rings. The average molecular weight is 306 g/mol. The van der Waals surface area contributed by atoms with Crippen molar-refractivity contribution >= 4 is 11.7 Å².